The van der Waals surface area contributed by atoms with Crippen molar-refractivity contribution in [1.29, 1.82) is 0 Å². The first kappa shape index (κ1) is 33.4. The number of amides is 2. The molecule has 232 valence electrons. The summed E-state index contributed by atoms with van der Waals surface area (Å²) in [5, 5.41) is 10.1. The topological polar surface area (TPSA) is 125 Å². The van der Waals surface area contributed by atoms with Crippen molar-refractivity contribution in [2.24, 2.45) is 5.92 Å². The molecule has 0 fully saturated rings. The molecule has 0 bridgehead atoms. The average molecular weight is 604 g/mol. The summed E-state index contributed by atoms with van der Waals surface area (Å²) in [6, 6.07) is 13.7. The molecule has 42 heavy (non-hydrogen) atoms. The highest BCUT2D eigenvalue weighted by atomic mass is 32.2. The molecule has 0 saturated heterocycles. The van der Waals surface area contributed by atoms with Crippen LogP contribution in [0.15, 0.2) is 48.5 Å². The van der Waals surface area contributed by atoms with Gasteiger partial charge in [-0.3, -0.25) is 14.3 Å². The largest absolute Gasteiger partial charge is 0.490 e. The van der Waals surface area contributed by atoms with Gasteiger partial charge in [0.15, 0.2) is 0 Å². The van der Waals surface area contributed by atoms with Gasteiger partial charge in [-0.15, -0.1) is 0 Å². The minimum Gasteiger partial charge on any atom is -0.490 e. The van der Waals surface area contributed by atoms with E-state index in [2.05, 4.69) is 4.72 Å². The molecule has 1 heterocycles. The Labute approximate surface area is 250 Å². The number of fused-ring (bicyclic) bond motifs is 1. The number of nitrogens with one attached hydrogen (secondary N) is 1. The Morgan fingerprint density at radius 1 is 1.17 bits per heavy atom. The maximum absolute atomic E-state index is 14.1. The van der Waals surface area contributed by atoms with Gasteiger partial charge in [-0.1, -0.05) is 37.3 Å². The van der Waals surface area contributed by atoms with Crippen molar-refractivity contribution in [3.05, 3.63) is 59.7 Å². The first-order valence-corrected chi connectivity index (χ1v) is 16.4. The lowest BCUT2D eigenvalue weighted by atomic mass is 10.0. The van der Waals surface area contributed by atoms with Gasteiger partial charge in [0.25, 0.3) is 5.91 Å². The second-order valence-corrected chi connectivity index (χ2v) is 13.1. The first-order chi connectivity index (χ1) is 19.9. The molecule has 0 saturated carbocycles. The number of aliphatic hydroxyl groups is 1. The Kier molecular flexibility index (Phi) is 12.2. The van der Waals surface area contributed by atoms with Crippen LogP contribution in [-0.4, -0.2) is 93.0 Å². The number of carbonyl (C=O) groups excluding carboxylic acids is 2. The number of hydrogen-bond acceptors (Lipinski definition) is 7. The van der Waals surface area contributed by atoms with E-state index in [9.17, 15) is 23.1 Å². The van der Waals surface area contributed by atoms with Crippen molar-refractivity contribution >= 4 is 27.5 Å². The van der Waals surface area contributed by atoms with Gasteiger partial charge in [-0.05, 0) is 56.9 Å². The number of sulfonamides is 1. The van der Waals surface area contributed by atoms with Crippen molar-refractivity contribution < 1.29 is 32.6 Å². The Hall–Kier alpha value is -3.15. The molecule has 2 N–H and O–H groups in total. The molecular formula is C31H45N3O7S. The summed E-state index contributed by atoms with van der Waals surface area (Å²) in [4.78, 5) is 30.3. The van der Waals surface area contributed by atoms with Gasteiger partial charge in [-0.2, -0.15) is 0 Å². The minimum absolute atomic E-state index is 0.0288. The van der Waals surface area contributed by atoms with Gasteiger partial charge < -0.3 is 24.4 Å². The smallest absolute Gasteiger partial charge is 0.258 e. The standard InChI is InChI=1S/C31H45N3O7S/c1-22-19-34(23(2)21-35)31(37)27-18-26(32-42(5,38)39)14-15-28(27)41-24(3)11-9-10-16-40-29(22)20-33(4)30(36)17-25-12-7-6-8-13-25/h6-8,12-15,18,22-24,29,32,35H,9-11,16-17,19-21H2,1-5H3/t22-,23+,24-,29-/m1/s1. The summed E-state index contributed by atoms with van der Waals surface area (Å²) >= 11 is 0. The molecule has 0 aliphatic carbocycles. The zero-order valence-electron chi connectivity index (χ0n) is 25.3. The lowest BCUT2D eigenvalue weighted by molar-refractivity contribution is -0.131. The van der Waals surface area contributed by atoms with Crippen LogP contribution in [0.25, 0.3) is 0 Å². The third-order valence-electron chi connectivity index (χ3n) is 7.43. The Morgan fingerprint density at radius 2 is 1.88 bits per heavy atom. The molecule has 2 amide bonds. The van der Waals surface area contributed by atoms with Crippen LogP contribution in [0.5, 0.6) is 5.75 Å². The summed E-state index contributed by atoms with van der Waals surface area (Å²) in [7, 11) is -1.81. The molecule has 0 radical (unpaired) electrons. The van der Waals surface area contributed by atoms with Crippen molar-refractivity contribution in [2.75, 3.05) is 44.3 Å². The van der Waals surface area contributed by atoms with E-state index >= 15 is 0 Å². The van der Waals surface area contributed by atoms with Crippen LogP contribution in [0.1, 0.15) is 56.0 Å². The molecule has 3 rings (SSSR count). The van der Waals surface area contributed by atoms with Crippen LogP contribution in [0.3, 0.4) is 0 Å². The summed E-state index contributed by atoms with van der Waals surface area (Å²) in [6.07, 6.45) is 3.14. The number of benzene rings is 2. The number of hydrogen-bond donors (Lipinski definition) is 2. The number of carbonyl (C=O) groups is 2. The Morgan fingerprint density at radius 3 is 2.55 bits per heavy atom. The highest BCUT2D eigenvalue weighted by molar-refractivity contribution is 7.92. The Bertz CT molecular complexity index is 1290. The fourth-order valence-corrected chi connectivity index (χ4v) is 5.50. The van der Waals surface area contributed by atoms with E-state index in [0.29, 0.717) is 18.9 Å². The zero-order valence-corrected chi connectivity index (χ0v) is 26.1. The lowest BCUT2D eigenvalue weighted by Gasteiger charge is -2.36. The molecular weight excluding hydrogens is 558 g/mol. The molecule has 0 unspecified atom stereocenters. The summed E-state index contributed by atoms with van der Waals surface area (Å²) < 4.78 is 38.7. The van der Waals surface area contributed by atoms with Crippen molar-refractivity contribution in [2.45, 2.75) is 64.7 Å². The fourth-order valence-electron chi connectivity index (χ4n) is 4.94. The second-order valence-electron chi connectivity index (χ2n) is 11.3. The molecule has 2 aromatic rings. The van der Waals surface area contributed by atoms with Gasteiger partial charge in [-0.25, -0.2) is 8.42 Å². The second kappa shape index (κ2) is 15.4. The maximum atomic E-state index is 14.1. The highest BCUT2D eigenvalue weighted by Crippen LogP contribution is 2.29. The fraction of sp³-hybridized carbons (Fsp3) is 0.548. The Balaban J connectivity index is 1.91. The number of aliphatic hydroxyl groups excluding tert-OH is 1. The van der Waals surface area contributed by atoms with Crippen LogP contribution < -0.4 is 9.46 Å². The monoisotopic (exact) mass is 603 g/mol. The molecule has 10 nitrogen and oxygen atoms in total. The molecule has 2 aromatic carbocycles. The third kappa shape index (κ3) is 9.99. The quantitative estimate of drug-likeness (QED) is 0.473. The minimum atomic E-state index is -3.57. The third-order valence-corrected chi connectivity index (χ3v) is 8.04. The van der Waals surface area contributed by atoms with E-state index in [4.69, 9.17) is 9.47 Å². The first-order valence-electron chi connectivity index (χ1n) is 14.5. The van der Waals surface area contributed by atoms with Crippen LogP contribution in [0, 0.1) is 5.92 Å². The van der Waals surface area contributed by atoms with Gasteiger partial charge in [0.05, 0.1) is 43.1 Å². The van der Waals surface area contributed by atoms with Gasteiger partial charge in [0.2, 0.25) is 15.9 Å². The van der Waals surface area contributed by atoms with Crippen LogP contribution in [-0.2, 0) is 26.0 Å². The van der Waals surface area contributed by atoms with E-state index < -0.39 is 22.0 Å². The molecule has 4 atom stereocenters. The van der Waals surface area contributed by atoms with Crippen molar-refractivity contribution in [1.82, 2.24) is 9.80 Å². The van der Waals surface area contributed by atoms with Crippen LogP contribution >= 0.6 is 0 Å². The SMILES string of the molecule is C[C@@H]1CCCCO[C@H](CN(C)C(=O)Cc2ccccc2)[C@H](C)CN([C@@H](C)CO)C(=O)c2cc(NS(C)(=O)=O)ccc2O1. The van der Waals surface area contributed by atoms with Crippen LogP contribution in [0.4, 0.5) is 5.69 Å². The van der Waals surface area contributed by atoms with Gasteiger partial charge >= 0.3 is 0 Å². The summed E-state index contributed by atoms with van der Waals surface area (Å²) in [5.41, 5.74) is 1.38. The van der Waals surface area contributed by atoms with E-state index in [0.717, 1.165) is 31.1 Å². The number of nitrogens with zero attached hydrogens (tertiary/aromatic N) is 2. The van der Waals surface area contributed by atoms with Crippen molar-refractivity contribution in [3.8, 4) is 5.75 Å². The normalized spacial score (nSPS) is 21.4. The predicted molar refractivity (Wildman–Crippen MR) is 163 cm³/mol. The number of rotatable bonds is 8. The maximum Gasteiger partial charge on any atom is 0.258 e. The zero-order chi connectivity index (χ0) is 30.9. The molecule has 11 heteroatoms. The van der Waals surface area contributed by atoms with Gasteiger partial charge in [0.1, 0.15) is 5.75 Å². The summed E-state index contributed by atoms with van der Waals surface area (Å²) in [6.45, 7) is 6.47. The lowest BCUT2D eigenvalue weighted by Crippen LogP contribution is -2.48. The number of anilines is 1. The van der Waals surface area contributed by atoms with E-state index in [1.165, 1.54) is 6.07 Å². The van der Waals surface area contributed by atoms with E-state index in [1.807, 2.05) is 44.2 Å². The molecule has 1 aliphatic heterocycles. The van der Waals surface area contributed by atoms with E-state index in [1.54, 1.807) is 35.9 Å². The average Bonchev–Trinajstić information content (AvgIpc) is 2.94. The van der Waals surface area contributed by atoms with E-state index in [-0.39, 0.29) is 54.9 Å². The van der Waals surface area contributed by atoms with Crippen LogP contribution in [0.2, 0.25) is 0 Å². The highest BCUT2D eigenvalue weighted by Gasteiger charge is 2.31. The summed E-state index contributed by atoms with van der Waals surface area (Å²) in [5.74, 6) is -0.269. The molecule has 0 aromatic heterocycles. The predicted octanol–water partition coefficient (Wildman–Crippen LogP) is 3.55. The number of likely N-dealkylation sites (N-methyl/N-ethyl adjacent to an activating group) is 1. The molecule has 0 spiro atoms. The number of ether oxygens (including phenoxy) is 2. The van der Waals surface area contributed by atoms with Gasteiger partial charge in [0, 0.05) is 38.3 Å². The van der Waals surface area contributed by atoms with Crippen molar-refractivity contribution in [3.63, 3.8) is 0 Å². The molecule has 1 aliphatic rings.